The number of nitrogens with one attached hydrogen (secondary N) is 1. The molecule has 0 spiro atoms. The topological polar surface area (TPSA) is 86.8 Å². The number of amides is 2. The smallest absolute Gasteiger partial charge is 0.264 e. The molecule has 0 aliphatic heterocycles. The summed E-state index contributed by atoms with van der Waals surface area (Å²) >= 11 is 12.6. The molecule has 3 aromatic carbocycles. The average Bonchev–Trinajstić information content (AvgIpc) is 2.92. The molecular weight excluding hydrogens is 545 g/mol. The molecule has 202 valence electrons. The Morgan fingerprint density at radius 3 is 2.11 bits per heavy atom. The van der Waals surface area contributed by atoms with E-state index in [0.717, 1.165) is 16.3 Å². The molecule has 0 aliphatic rings. The van der Waals surface area contributed by atoms with Gasteiger partial charge in [0, 0.05) is 12.6 Å². The SMILES string of the molecule is CC[C@@H](C)NC(=O)[C@H](C)N(Cc1ccccc1)C(=O)CN(c1cccc(Cl)c1Cl)S(=O)(=O)c1ccccc1. The van der Waals surface area contributed by atoms with Crippen molar-refractivity contribution in [3.63, 3.8) is 0 Å². The summed E-state index contributed by atoms with van der Waals surface area (Å²) in [5.74, 6) is -0.905. The van der Waals surface area contributed by atoms with Crippen LogP contribution in [0.1, 0.15) is 32.8 Å². The van der Waals surface area contributed by atoms with Crippen molar-refractivity contribution in [2.75, 3.05) is 10.8 Å². The molecule has 10 heteroatoms. The number of hydrogen-bond donors (Lipinski definition) is 1. The van der Waals surface area contributed by atoms with E-state index >= 15 is 0 Å². The molecular formula is C28H31Cl2N3O4S. The van der Waals surface area contributed by atoms with Gasteiger partial charge in [0.2, 0.25) is 11.8 Å². The van der Waals surface area contributed by atoms with Gasteiger partial charge in [-0.15, -0.1) is 0 Å². The Balaban J connectivity index is 2.04. The molecule has 2 amide bonds. The van der Waals surface area contributed by atoms with Gasteiger partial charge in [0.25, 0.3) is 10.0 Å². The second-order valence-corrected chi connectivity index (χ2v) is 11.5. The second-order valence-electron chi connectivity index (χ2n) is 8.90. The van der Waals surface area contributed by atoms with E-state index in [0.29, 0.717) is 0 Å². The van der Waals surface area contributed by atoms with Crippen molar-refractivity contribution in [2.45, 2.75) is 50.7 Å². The maximum atomic E-state index is 13.9. The Labute approximate surface area is 234 Å². The fraction of sp³-hybridized carbons (Fsp3) is 0.286. The Bertz CT molecular complexity index is 1360. The van der Waals surface area contributed by atoms with Crippen LogP contribution in [0.15, 0.2) is 83.8 Å². The van der Waals surface area contributed by atoms with Gasteiger partial charge in [-0.25, -0.2) is 8.42 Å². The second kappa shape index (κ2) is 13.1. The van der Waals surface area contributed by atoms with E-state index in [1.54, 1.807) is 31.2 Å². The van der Waals surface area contributed by atoms with E-state index in [4.69, 9.17) is 23.2 Å². The maximum Gasteiger partial charge on any atom is 0.264 e. The third-order valence-electron chi connectivity index (χ3n) is 6.17. The van der Waals surface area contributed by atoms with Crippen LogP contribution in [0.5, 0.6) is 0 Å². The number of nitrogens with zero attached hydrogens (tertiary/aromatic N) is 2. The lowest BCUT2D eigenvalue weighted by Gasteiger charge is -2.32. The summed E-state index contributed by atoms with van der Waals surface area (Å²) in [6.07, 6.45) is 0.724. The van der Waals surface area contributed by atoms with Crippen LogP contribution in [0.2, 0.25) is 10.0 Å². The summed E-state index contributed by atoms with van der Waals surface area (Å²) in [5.41, 5.74) is 0.857. The molecule has 0 aromatic heterocycles. The van der Waals surface area contributed by atoms with Gasteiger partial charge < -0.3 is 10.2 Å². The van der Waals surface area contributed by atoms with E-state index in [1.807, 2.05) is 44.2 Å². The Morgan fingerprint density at radius 1 is 0.895 bits per heavy atom. The van der Waals surface area contributed by atoms with Crippen molar-refractivity contribution in [3.05, 3.63) is 94.5 Å². The normalized spacial score (nSPS) is 12.9. The molecule has 0 radical (unpaired) electrons. The third-order valence-corrected chi connectivity index (χ3v) is 8.76. The standard InChI is InChI=1S/C28H31Cl2N3O4S/c1-4-20(2)31-28(35)21(3)32(18-22-12-7-5-8-13-22)26(34)19-33(25-17-11-16-24(29)27(25)30)38(36,37)23-14-9-6-10-15-23/h5-17,20-21H,4,18-19H2,1-3H3,(H,31,35)/t20-,21+/m1/s1. The van der Waals surface area contributed by atoms with Gasteiger partial charge in [0.1, 0.15) is 12.6 Å². The summed E-state index contributed by atoms with van der Waals surface area (Å²) in [4.78, 5) is 28.3. The average molecular weight is 577 g/mol. The Kier molecular flexibility index (Phi) is 10.2. The van der Waals surface area contributed by atoms with Crippen LogP contribution in [0.3, 0.4) is 0 Å². The molecule has 1 N–H and O–H groups in total. The zero-order chi connectivity index (χ0) is 27.9. The van der Waals surface area contributed by atoms with Crippen molar-refractivity contribution in [1.82, 2.24) is 10.2 Å². The van der Waals surface area contributed by atoms with E-state index in [9.17, 15) is 18.0 Å². The zero-order valence-corrected chi connectivity index (χ0v) is 23.8. The molecule has 0 saturated heterocycles. The molecule has 3 rings (SSSR count). The van der Waals surface area contributed by atoms with Gasteiger partial charge >= 0.3 is 0 Å². The van der Waals surface area contributed by atoms with Crippen LogP contribution in [-0.4, -0.2) is 43.8 Å². The highest BCUT2D eigenvalue weighted by molar-refractivity contribution is 7.92. The fourth-order valence-electron chi connectivity index (χ4n) is 3.75. The lowest BCUT2D eigenvalue weighted by Crippen LogP contribution is -2.52. The molecule has 3 aromatic rings. The molecule has 2 atom stereocenters. The highest BCUT2D eigenvalue weighted by Gasteiger charge is 2.33. The van der Waals surface area contributed by atoms with Crippen LogP contribution < -0.4 is 9.62 Å². The van der Waals surface area contributed by atoms with Crippen LogP contribution >= 0.6 is 23.2 Å². The predicted octanol–water partition coefficient (Wildman–Crippen LogP) is 5.52. The minimum absolute atomic E-state index is 0.00126. The lowest BCUT2D eigenvalue weighted by atomic mass is 10.1. The molecule has 0 unspecified atom stereocenters. The van der Waals surface area contributed by atoms with Gasteiger partial charge in [-0.05, 0) is 50.1 Å². The fourth-order valence-corrected chi connectivity index (χ4v) is 5.64. The number of benzene rings is 3. The molecule has 0 fully saturated rings. The summed E-state index contributed by atoms with van der Waals surface area (Å²) < 4.78 is 28.5. The first-order chi connectivity index (χ1) is 18.1. The Hall–Kier alpha value is -3.07. The molecule has 0 saturated carbocycles. The van der Waals surface area contributed by atoms with Crippen molar-refractivity contribution in [1.29, 1.82) is 0 Å². The van der Waals surface area contributed by atoms with Gasteiger partial charge in [0.15, 0.2) is 0 Å². The van der Waals surface area contributed by atoms with Crippen LogP contribution in [0, 0.1) is 0 Å². The summed E-state index contributed by atoms with van der Waals surface area (Å²) in [5, 5.41) is 3.05. The van der Waals surface area contributed by atoms with Crippen molar-refractivity contribution >= 4 is 50.7 Å². The van der Waals surface area contributed by atoms with E-state index in [-0.39, 0.29) is 39.1 Å². The number of anilines is 1. The first kappa shape index (κ1) is 29.5. The molecule has 0 bridgehead atoms. The first-order valence-electron chi connectivity index (χ1n) is 12.2. The highest BCUT2D eigenvalue weighted by Crippen LogP contribution is 2.35. The minimum atomic E-state index is -4.22. The number of halogens is 2. The summed E-state index contributed by atoms with van der Waals surface area (Å²) in [6, 6.07) is 20.6. The lowest BCUT2D eigenvalue weighted by molar-refractivity contribution is -0.139. The molecule has 0 heterocycles. The number of carbonyl (C=O) groups is 2. The van der Waals surface area contributed by atoms with Crippen molar-refractivity contribution in [2.24, 2.45) is 0 Å². The summed E-state index contributed by atoms with van der Waals surface area (Å²) in [7, 11) is -4.22. The minimum Gasteiger partial charge on any atom is -0.352 e. The predicted molar refractivity (Wildman–Crippen MR) is 152 cm³/mol. The number of carbonyl (C=O) groups excluding carboxylic acids is 2. The number of hydrogen-bond acceptors (Lipinski definition) is 4. The van der Waals surface area contributed by atoms with E-state index in [1.165, 1.54) is 29.2 Å². The highest BCUT2D eigenvalue weighted by atomic mass is 35.5. The number of sulfonamides is 1. The van der Waals surface area contributed by atoms with Crippen molar-refractivity contribution in [3.8, 4) is 0 Å². The quantitative estimate of drug-likeness (QED) is 0.326. The van der Waals surface area contributed by atoms with Crippen LogP contribution in [0.4, 0.5) is 5.69 Å². The monoisotopic (exact) mass is 575 g/mol. The van der Waals surface area contributed by atoms with Gasteiger partial charge in [0.05, 0.1) is 20.6 Å². The van der Waals surface area contributed by atoms with E-state index < -0.39 is 28.5 Å². The molecule has 7 nitrogen and oxygen atoms in total. The van der Waals surface area contributed by atoms with Gasteiger partial charge in [-0.1, -0.05) is 84.7 Å². The number of rotatable bonds is 11. The largest absolute Gasteiger partial charge is 0.352 e. The molecule has 38 heavy (non-hydrogen) atoms. The maximum absolute atomic E-state index is 13.9. The Morgan fingerprint density at radius 2 is 1.50 bits per heavy atom. The third kappa shape index (κ3) is 7.07. The first-order valence-corrected chi connectivity index (χ1v) is 14.4. The van der Waals surface area contributed by atoms with Crippen LogP contribution in [-0.2, 0) is 26.2 Å². The zero-order valence-electron chi connectivity index (χ0n) is 21.5. The van der Waals surface area contributed by atoms with Crippen LogP contribution in [0.25, 0.3) is 0 Å². The molecule has 0 aliphatic carbocycles. The van der Waals surface area contributed by atoms with Gasteiger partial charge in [-0.2, -0.15) is 0 Å². The summed E-state index contributed by atoms with van der Waals surface area (Å²) in [6.45, 7) is 4.97. The van der Waals surface area contributed by atoms with Crippen molar-refractivity contribution < 1.29 is 18.0 Å². The van der Waals surface area contributed by atoms with E-state index in [2.05, 4.69) is 5.32 Å². The van der Waals surface area contributed by atoms with Gasteiger partial charge in [-0.3, -0.25) is 13.9 Å².